The Hall–Kier alpha value is -2.19. The summed E-state index contributed by atoms with van der Waals surface area (Å²) >= 11 is 6.91. The van der Waals surface area contributed by atoms with E-state index in [0.717, 1.165) is 22.8 Å². The highest BCUT2D eigenvalue weighted by Crippen LogP contribution is 2.30. The minimum atomic E-state index is -0.0176. The van der Waals surface area contributed by atoms with Gasteiger partial charge in [-0.3, -0.25) is 4.79 Å². The van der Waals surface area contributed by atoms with Crippen molar-refractivity contribution in [1.29, 1.82) is 0 Å². The van der Waals surface area contributed by atoms with E-state index in [1.807, 2.05) is 17.5 Å². The largest absolute Gasteiger partial charge is 0.360 e. The van der Waals surface area contributed by atoms with Crippen molar-refractivity contribution in [2.75, 3.05) is 5.32 Å². The number of amides is 1. The summed E-state index contributed by atoms with van der Waals surface area (Å²) in [5, 5.41) is 16.7. The van der Waals surface area contributed by atoms with Crippen molar-refractivity contribution in [3.05, 3.63) is 46.5 Å². The fraction of sp³-hybridized carbons (Fsp3) is 0.476. The molecular formula is C21H27N5OS2. The second-order valence-electron chi connectivity index (χ2n) is 7.88. The molecule has 2 aliphatic rings. The highest BCUT2D eigenvalue weighted by molar-refractivity contribution is 7.80. The second-order valence-corrected chi connectivity index (χ2v) is 9.14. The number of thiocarbonyl (C=S) groups is 1. The first kappa shape index (κ1) is 20.1. The van der Waals surface area contributed by atoms with Gasteiger partial charge in [-0.2, -0.15) is 0 Å². The fourth-order valence-electron chi connectivity index (χ4n) is 4.06. The molecule has 1 amide bonds. The number of hydrogen-bond donors (Lipinski definition) is 4. The zero-order valence-corrected chi connectivity index (χ0v) is 18.2. The number of nitrogens with one attached hydrogen (secondary N) is 4. The number of anilines is 1. The SMILES string of the molecule is Cc1ccc(CNC(=O)Cc2csc(NC3NC(=S)NC4CCCCC43)n2)cc1. The maximum atomic E-state index is 12.3. The van der Waals surface area contributed by atoms with Crippen LogP contribution in [0.1, 0.15) is 42.5 Å². The summed E-state index contributed by atoms with van der Waals surface area (Å²) in [6, 6.07) is 8.61. The van der Waals surface area contributed by atoms with E-state index in [1.54, 1.807) is 0 Å². The number of nitrogens with zero attached hydrogens (tertiary/aromatic N) is 1. The first-order valence-corrected chi connectivity index (χ1v) is 11.5. The van der Waals surface area contributed by atoms with Crippen molar-refractivity contribution in [1.82, 2.24) is 20.9 Å². The molecule has 1 saturated heterocycles. The monoisotopic (exact) mass is 429 g/mol. The minimum Gasteiger partial charge on any atom is -0.360 e. The third-order valence-corrected chi connectivity index (χ3v) is 6.69. The van der Waals surface area contributed by atoms with Gasteiger partial charge in [-0.1, -0.05) is 42.7 Å². The van der Waals surface area contributed by atoms with Crippen LogP contribution in [-0.4, -0.2) is 28.2 Å². The maximum Gasteiger partial charge on any atom is 0.226 e. The van der Waals surface area contributed by atoms with E-state index in [4.69, 9.17) is 12.2 Å². The molecule has 2 aromatic rings. The predicted octanol–water partition coefficient (Wildman–Crippen LogP) is 3.08. The lowest BCUT2D eigenvalue weighted by Gasteiger charge is -2.43. The molecule has 1 aromatic carbocycles. The lowest BCUT2D eigenvalue weighted by Crippen LogP contribution is -2.63. The smallest absolute Gasteiger partial charge is 0.226 e. The molecule has 3 unspecified atom stereocenters. The first-order valence-electron chi connectivity index (χ1n) is 10.2. The van der Waals surface area contributed by atoms with Crippen molar-refractivity contribution in [3.63, 3.8) is 0 Å². The highest BCUT2D eigenvalue weighted by atomic mass is 32.1. The van der Waals surface area contributed by atoms with Crippen LogP contribution in [0.15, 0.2) is 29.6 Å². The van der Waals surface area contributed by atoms with Crippen LogP contribution < -0.4 is 21.3 Å². The fourth-order valence-corrected chi connectivity index (χ4v) is 5.09. The van der Waals surface area contributed by atoms with Gasteiger partial charge in [0.05, 0.1) is 12.1 Å². The van der Waals surface area contributed by atoms with Crippen LogP contribution in [0.2, 0.25) is 0 Å². The van der Waals surface area contributed by atoms with E-state index >= 15 is 0 Å². The lowest BCUT2D eigenvalue weighted by molar-refractivity contribution is -0.120. The molecule has 154 valence electrons. The van der Waals surface area contributed by atoms with Crippen LogP contribution in [0.25, 0.3) is 0 Å². The number of rotatable bonds is 6. The number of thiazole rings is 1. The lowest BCUT2D eigenvalue weighted by atomic mass is 9.81. The van der Waals surface area contributed by atoms with Crippen LogP contribution in [0.4, 0.5) is 5.13 Å². The van der Waals surface area contributed by atoms with E-state index in [9.17, 15) is 4.79 Å². The average molecular weight is 430 g/mol. The molecule has 1 aromatic heterocycles. The van der Waals surface area contributed by atoms with Gasteiger partial charge >= 0.3 is 0 Å². The molecule has 2 fully saturated rings. The summed E-state index contributed by atoms with van der Waals surface area (Å²) < 4.78 is 0. The standard InChI is InChI=1S/C21H27N5OS2/c1-13-6-8-14(9-7-13)11-22-18(27)10-15-12-29-21(23-15)26-19-16-4-2-3-5-17(16)24-20(28)25-19/h6-9,12,16-17,19H,2-5,10-11H2,1H3,(H,22,27)(H,23,26)(H2,24,25,28). The molecule has 1 aliphatic carbocycles. The van der Waals surface area contributed by atoms with Gasteiger partial charge < -0.3 is 21.3 Å². The van der Waals surface area contributed by atoms with Crippen molar-refractivity contribution in [2.24, 2.45) is 5.92 Å². The summed E-state index contributed by atoms with van der Waals surface area (Å²) in [5.41, 5.74) is 3.10. The van der Waals surface area contributed by atoms with Gasteiger partial charge in [0.25, 0.3) is 0 Å². The molecule has 4 N–H and O–H groups in total. The van der Waals surface area contributed by atoms with E-state index in [-0.39, 0.29) is 18.5 Å². The summed E-state index contributed by atoms with van der Waals surface area (Å²) in [4.78, 5) is 16.9. The molecule has 0 radical (unpaired) electrons. The number of carbonyl (C=O) groups is 1. The normalized spacial score (nSPS) is 23.5. The molecule has 2 heterocycles. The van der Waals surface area contributed by atoms with E-state index in [2.05, 4.69) is 45.3 Å². The molecule has 6 nitrogen and oxygen atoms in total. The molecule has 0 spiro atoms. The molecule has 4 rings (SSSR count). The first-order chi connectivity index (χ1) is 14.1. The topological polar surface area (TPSA) is 78.1 Å². The Bertz CT molecular complexity index is 866. The van der Waals surface area contributed by atoms with Crippen molar-refractivity contribution in [2.45, 2.75) is 57.8 Å². The second kappa shape index (κ2) is 9.09. The average Bonchev–Trinajstić information content (AvgIpc) is 3.14. The van der Waals surface area contributed by atoms with Gasteiger partial charge in [-0.15, -0.1) is 11.3 Å². The maximum absolute atomic E-state index is 12.3. The van der Waals surface area contributed by atoms with E-state index in [1.165, 1.54) is 36.2 Å². The number of carbonyl (C=O) groups excluding carboxylic acids is 1. The van der Waals surface area contributed by atoms with E-state index < -0.39 is 0 Å². The summed E-state index contributed by atoms with van der Waals surface area (Å²) in [7, 11) is 0. The Morgan fingerprint density at radius 2 is 2.03 bits per heavy atom. The Morgan fingerprint density at radius 1 is 1.24 bits per heavy atom. The Kier molecular flexibility index (Phi) is 6.30. The molecule has 1 aliphatic heterocycles. The summed E-state index contributed by atoms with van der Waals surface area (Å²) in [5.74, 6) is 0.469. The quantitative estimate of drug-likeness (QED) is 0.529. The van der Waals surface area contributed by atoms with Crippen LogP contribution in [0.3, 0.4) is 0 Å². The number of aryl methyl sites for hydroxylation is 1. The Balaban J connectivity index is 1.30. The van der Waals surface area contributed by atoms with Crippen LogP contribution >= 0.6 is 23.6 Å². The van der Waals surface area contributed by atoms with Gasteiger partial charge in [0.1, 0.15) is 6.17 Å². The van der Waals surface area contributed by atoms with E-state index in [0.29, 0.717) is 23.6 Å². The third kappa shape index (κ3) is 5.25. The van der Waals surface area contributed by atoms with Crippen molar-refractivity contribution < 1.29 is 4.79 Å². The highest BCUT2D eigenvalue weighted by Gasteiger charge is 2.36. The number of aromatic nitrogens is 1. The van der Waals surface area contributed by atoms with Gasteiger partial charge in [0.15, 0.2) is 10.2 Å². The van der Waals surface area contributed by atoms with Gasteiger partial charge in [-0.25, -0.2) is 4.98 Å². The summed E-state index contributed by atoms with van der Waals surface area (Å²) in [6.45, 7) is 2.59. The number of benzene rings is 1. The van der Waals surface area contributed by atoms with Gasteiger partial charge in [0, 0.05) is 23.9 Å². The van der Waals surface area contributed by atoms with Crippen LogP contribution in [-0.2, 0) is 17.8 Å². The molecular weight excluding hydrogens is 402 g/mol. The molecule has 29 heavy (non-hydrogen) atoms. The van der Waals surface area contributed by atoms with Crippen LogP contribution in [0, 0.1) is 12.8 Å². The summed E-state index contributed by atoms with van der Waals surface area (Å²) in [6.07, 6.45) is 5.21. The Labute approximate surface area is 180 Å². The zero-order valence-electron chi connectivity index (χ0n) is 16.5. The van der Waals surface area contributed by atoms with Gasteiger partial charge in [-0.05, 0) is 37.5 Å². The molecule has 8 heteroatoms. The number of fused-ring (bicyclic) bond motifs is 1. The Morgan fingerprint density at radius 3 is 2.86 bits per heavy atom. The molecule has 3 atom stereocenters. The third-order valence-electron chi connectivity index (χ3n) is 5.63. The molecule has 1 saturated carbocycles. The van der Waals surface area contributed by atoms with Crippen LogP contribution in [0.5, 0.6) is 0 Å². The predicted molar refractivity (Wildman–Crippen MR) is 121 cm³/mol. The van der Waals surface area contributed by atoms with Crippen molar-refractivity contribution >= 4 is 39.7 Å². The van der Waals surface area contributed by atoms with Gasteiger partial charge in [0.2, 0.25) is 5.91 Å². The zero-order chi connectivity index (χ0) is 20.2. The van der Waals surface area contributed by atoms with Crippen molar-refractivity contribution in [3.8, 4) is 0 Å². The molecule has 0 bridgehead atoms. The number of hydrogen-bond acceptors (Lipinski definition) is 5. The minimum absolute atomic E-state index is 0.0176.